The molecule has 0 saturated heterocycles. The van der Waals surface area contributed by atoms with E-state index in [1.807, 2.05) is 0 Å². The standard InChI is InChI=1S/C26H48O/c1-8-10-21-26(7,20-9-2)25(27)19-13-18-24(6)17-12-16-23(5)15-11-14-22(3)4/h14,16,18,25,27H,8-13,15,17,19-21H2,1-7H3/b23-16+,24-18+. The van der Waals surface area contributed by atoms with Crippen LogP contribution in [0.4, 0.5) is 0 Å². The third-order valence-corrected chi connectivity index (χ3v) is 5.78. The van der Waals surface area contributed by atoms with Crippen molar-refractivity contribution < 1.29 is 5.11 Å². The zero-order chi connectivity index (χ0) is 20.7. The fourth-order valence-electron chi connectivity index (χ4n) is 3.78. The molecule has 158 valence electrons. The number of rotatable bonds is 15. The fraction of sp³-hybridized carbons (Fsp3) is 0.769. The van der Waals surface area contributed by atoms with Crippen molar-refractivity contribution in [2.75, 3.05) is 0 Å². The molecule has 0 spiro atoms. The largest absolute Gasteiger partial charge is 0.393 e. The van der Waals surface area contributed by atoms with Crippen LogP contribution in [0.3, 0.4) is 0 Å². The third-order valence-electron chi connectivity index (χ3n) is 5.78. The maximum Gasteiger partial charge on any atom is 0.0596 e. The second kappa shape index (κ2) is 15.1. The van der Waals surface area contributed by atoms with Gasteiger partial charge in [-0.25, -0.2) is 0 Å². The number of aliphatic hydroxyl groups excluding tert-OH is 1. The summed E-state index contributed by atoms with van der Waals surface area (Å²) in [5, 5.41) is 10.8. The van der Waals surface area contributed by atoms with Crippen LogP contribution in [0.15, 0.2) is 34.9 Å². The minimum atomic E-state index is -0.176. The first-order valence-electron chi connectivity index (χ1n) is 11.4. The van der Waals surface area contributed by atoms with E-state index in [-0.39, 0.29) is 11.5 Å². The average molecular weight is 377 g/mol. The van der Waals surface area contributed by atoms with Crippen LogP contribution in [-0.4, -0.2) is 11.2 Å². The molecule has 0 aromatic carbocycles. The van der Waals surface area contributed by atoms with E-state index in [1.165, 1.54) is 36.0 Å². The Labute approximate surface area is 171 Å². The second-order valence-electron chi connectivity index (χ2n) is 9.06. The van der Waals surface area contributed by atoms with Gasteiger partial charge in [-0.2, -0.15) is 0 Å². The number of allylic oxidation sites excluding steroid dienone is 6. The Bertz CT molecular complexity index is 465. The van der Waals surface area contributed by atoms with E-state index >= 15 is 0 Å². The molecule has 1 heteroatoms. The Morgan fingerprint density at radius 1 is 0.815 bits per heavy atom. The zero-order valence-electron chi connectivity index (χ0n) is 19.5. The van der Waals surface area contributed by atoms with Gasteiger partial charge < -0.3 is 5.11 Å². The van der Waals surface area contributed by atoms with Gasteiger partial charge >= 0.3 is 0 Å². The average Bonchev–Trinajstić information content (AvgIpc) is 2.59. The van der Waals surface area contributed by atoms with Crippen molar-refractivity contribution >= 4 is 0 Å². The van der Waals surface area contributed by atoms with Gasteiger partial charge in [0.05, 0.1) is 6.10 Å². The molecule has 2 atom stereocenters. The fourth-order valence-corrected chi connectivity index (χ4v) is 3.78. The van der Waals surface area contributed by atoms with Gasteiger partial charge in [0.1, 0.15) is 0 Å². The molecule has 1 nitrogen and oxygen atoms in total. The van der Waals surface area contributed by atoms with Crippen molar-refractivity contribution in [3.8, 4) is 0 Å². The van der Waals surface area contributed by atoms with Crippen LogP contribution in [-0.2, 0) is 0 Å². The Hall–Kier alpha value is -0.820. The van der Waals surface area contributed by atoms with Gasteiger partial charge in [0, 0.05) is 0 Å². The molecule has 27 heavy (non-hydrogen) atoms. The molecule has 0 heterocycles. The minimum Gasteiger partial charge on any atom is -0.393 e. The van der Waals surface area contributed by atoms with Crippen LogP contribution in [0.25, 0.3) is 0 Å². The van der Waals surface area contributed by atoms with Crippen molar-refractivity contribution in [3.05, 3.63) is 34.9 Å². The summed E-state index contributed by atoms with van der Waals surface area (Å²) in [7, 11) is 0. The van der Waals surface area contributed by atoms with Crippen LogP contribution in [0.1, 0.15) is 119 Å². The van der Waals surface area contributed by atoms with E-state index in [0.29, 0.717) is 0 Å². The molecule has 0 amide bonds. The first-order chi connectivity index (χ1) is 12.7. The van der Waals surface area contributed by atoms with Gasteiger partial charge in [-0.3, -0.25) is 0 Å². The monoisotopic (exact) mass is 376 g/mol. The Balaban J connectivity index is 4.31. The minimum absolute atomic E-state index is 0.0949. The summed E-state index contributed by atoms with van der Waals surface area (Å²) in [4.78, 5) is 0. The molecule has 2 unspecified atom stereocenters. The number of hydrogen-bond donors (Lipinski definition) is 1. The summed E-state index contributed by atoms with van der Waals surface area (Å²) in [6.07, 6.45) is 19.3. The van der Waals surface area contributed by atoms with Crippen LogP contribution in [0.2, 0.25) is 0 Å². The molecule has 1 N–H and O–H groups in total. The summed E-state index contributed by atoms with van der Waals surface area (Å²) in [6, 6.07) is 0. The predicted octanol–water partition coefficient (Wildman–Crippen LogP) is 8.54. The van der Waals surface area contributed by atoms with Crippen LogP contribution >= 0.6 is 0 Å². The zero-order valence-corrected chi connectivity index (χ0v) is 19.5. The van der Waals surface area contributed by atoms with Crippen LogP contribution in [0, 0.1) is 5.41 Å². The molecule has 0 aromatic heterocycles. The van der Waals surface area contributed by atoms with Gasteiger partial charge in [-0.1, -0.05) is 75.0 Å². The van der Waals surface area contributed by atoms with Crippen molar-refractivity contribution in [3.63, 3.8) is 0 Å². The predicted molar refractivity (Wildman–Crippen MR) is 123 cm³/mol. The Morgan fingerprint density at radius 2 is 1.37 bits per heavy atom. The first-order valence-corrected chi connectivity index (χ1v) is 11.4. The summed E-state index contributed by atoms with van der Waals surface area (Å²) in [5.74, 6) is 0. The third kappa shape index (κ3) is 13.1. The van der Waals surface area contributed by atoms with E-state index in [0.717, 1.165) is 51.4 Å². The lowest BCUT2D eigenvalue weighted by Crippen LogP contribution is -2.32. The van der Waals surface area contributed by atoms with Crippen LogP contribution < -0.4 is 0 Å². The van der Waals surface area contributed by atoms with E-state index in [1.54, 1.807) is 0 Å². The van der Waals surface area contributed by atoms with E-state index in [2.05, 4.69) is 66.7 Å². The van der Waals surface area contributed by atoms with Gasteiger partial charge in [0.25, 0.3) is 0 Å². The van der Waals surface area contributed by atoms with Gasteiger partial charge in [-0.15, -0.1) is 0 Å². The highest BCUT2D eigenvalue weighted by atomic mass is 16.3. The molecule has 0 bridgehead atoms. The molecule has 0 radical (unpaired) electrons. The smallest absolute Gasteiger partial charge is 0.0596 e. The van der Waals surface area contributed by atoms with Gasteiger partial charge in [-0.05, 0) is 84.5 Å². The first kappa shape index (κ1) is 26.2. The van der Waals surface area contributed by atoms with E-state index in [9.17, 15) is 5.11 Å². The highest BCUT2D eigenvalue weighted by Gasteiger charge is 2.30. The van der Waals surface area contributed by atoms with Crippen molar-refractivity contribution in [2.45, 2.75) is 125 Å². The number of unbranched alkanes of at least 4 members (excludes halogenated alkanes) is 1. The molecule has 0 aliphatic rings. The lowest BCUT2D eigenvalue weighted by molar-refractivity contribution is 0.0166. The Morgan fingerprint density at radius 3 is 1.89 bits per heavy atom. The van der Waals surface area contributed by atoms with Crippen molar-refractivity contribution in [1.29, 1.82) is 0 Å². The molecular formula is C26H48O. The normalized spacial score (nSPS) is 16.1. The van der Waals surface area contributed by atoms with E-state index < -0.39 is 0 Å². The van der Waals surface area contributed by atoms with Crippen LogP contribution in [0.5, 0.6) is 0 Å². The topological polar surface area (TPSA) is 20.2 Å². The van der Waals surface area contributed by atoms with Crippen molar-refractivity contribution in [2.24, 2.45) is 5.41 Å². The summed E-state index contributed by atoms with van der Waals surface area (Å²) < 4.78 is 0. The lowest BCUT2D eigenvalue weighted by Gasteiger charge is -2.34. The lowest BCUT2D eigenvalue weighted by atomic mass is 9.74. The molecule has 0 fully saturated rings. The maximum atomic E-state index is 10.8. The molecule has 0 aromatic rings. The summed E-state index contributed by atoms with van der Waals surface area (Å²) >= 11 is 0. The molecular weight excluding hydrogens is 328 g/mol. The van der Waals surface area contributed by atoms with Gasteiger partial charge in [0.15, 0.2) is 0 Å². The quantitative estimate of drug-likeness (QED) is 0.284. The molecule has 0 aliphatic carbocycles. The highest BCUT2D eigenvalue weighted by Crippen LogP contribution is 2.35. The summed E-state index contributed by atoms with van der Waals surface area (Å²) in [6.45, 7) is 15.6. The SMILES string of the molecule is CCCCC(C)(CCC)C(O)CC/C=C(\C)CC/C=C(\C)CCC=C(C)C. The highest BCUT2D eigenvalue weighted by molar-refractivity contribution is 5.05. The second-order valence-corrected chi connectivity index (χ2v) is 9.06. The van der Waals surface area contributed by atoms with E-state index in [4.69, 9.17) is 0 Å². The molecule has 0 saturated carbocycles. The molecule has 0 aliphatic heterocycles. The summed E-state index contributed by atoms with van der Waals surface area (Å²) in [5.41, 5.74) is 4.47. The maximum absolute atomic E-state index is 10.8. The molecule has 0 rings (SSSR count). The Kier molecular flexibility index (Phi) is 14.7. The van der Waals surface area contributed by atoms with Crippen molar-refractivity contribution in [1.82, 2.24) is 0 Å². The number of hydrogen-bond acceptors (Lipinski definition) is 1. The number of aliphatic hydroxyl groups is 1. The van der Waals surface area contributed by atoms with Gasteiger partial charge in [0.2, 0.25) is 0 Å².